The zero-order valence-corrected chi connectivity index (χ0v) is 7.29. The Bertz CT molecular complexity index is 314. The van der Waals surface area contributed by atoms with Gasteiger partial charge in [-0.1, -0.05) is 0 Å². The van der Waals surface area contributed by atoms with Gasteiger partial charge in [0.1, 0.15) is 5.69 Å². The second-order valence-corrected chi connectivity index (χ2v) is 2.72. The number of anilines is 1. The van der Waals surface area contributed by atoms with Gasteiger partial charge in [0, 0.05) is 12.7 Å². The molecule has 0 spiro atoms. The number of aromatic nitrogens is 1. The lowest BCUT2D eigenvalue weighted by molar-refractivity contribution is 0.0992. The maximum Gasteiger partial charge on any atom is 0.267 e. The summed E-state index contributed by atoms with van der Waals surface area (Å²) in [6.45, 7) is 4.50. The molecule has 1 rings (SSSR count). The van der Waals surface area contributed by atoms with Crippen LogP contribution in [0.4, 0.5) is 5.69 Å². The molecule has 0 unspecified atom stereocenters. The van der Waals surface area contributed by atoms with E-state index in [-0.39, 0.29) is 0 Å². The number of nitrogens with two attached hydrogens (primary N) is 2. The topological polar surface area (TPSA) is 74.0 Å². The van der Waals surface area contributed by atoms with Crippen LogP contribution in [0.15, 0.2) is 6.20 Å². The molecule has 0 saturated carbocycles. The average Bonchev–Trinajstić information content (AvgIpc) is 2.28. The Labute approximate surface area is 71.2 Å². The number of nitrogen functional groups attached to an aromatic ring is 1. The van der Waals surface area contributed by atoms with Crippen molar-refractivity contribution in [2.45, 2.75) is 20.4 Å². The van der Waals surface area contributed by atoms with Crippen LogP contribution < -0.4 is 11.5 Å². The summed E-state index contributed by atoms with van der Waals surface area (Å²) in [7, 11) is 0. The highest BCUT2D eigenvalue weighted by atomic mass is 16.1. The predicted molar refractivity (Wildman–Crippen MR) is 47.8 cm³/mol. The lowest BCUT2D eigenvalue weighted by Gasteiger charge is -2.02. The largest absolute Gasteiger partial charge is 0.397 e. The number of carbonyl (C=O) groups is 1. The van der Waals surface area contributed by atoms with Gasteiger partial charge < -0.3 is 16.0 Å². The Morgan fingerprint density at radius 3 is 2.58 bits per heavy atom. The Morgan fingerprint density at radius 2 is 2.25 bits per heavy atom. The van der Waals surface area contributed by atoms with Crippen LogP contribution in [-0.4, -0.2) is 10.5 Å². The molecule has 1 aromatic rings. The first kappa shape index (κ1) is 8.64. The minimum atomic E-state index is -0.470. The van der Waals surface area contributed by atoms with E-state index in [2.05, 4.69) is 0 Å². The smallest absolute Gasteiger partial charge is 0.267 e. The van der Waals surface area contributed by atoms with Gasteiger partial charge in [0.05, 0.1) is 5.69 Å². The summed E-state index contributed by atoms with van der Waals surface area (Å²) < 4.78 is 1.76. The monoisotopic (exact) mass is 167 g/mol. The number of aryl methyl sites for hydroxylation is 2. The molecule has 1 aromatic heterocycles. The molecule has 0 aliphatic rings. The molecular formula is C8H13N3O. The second kappa shape index (κ2) is 2.89. The van der Waals surface area contributed by atoms with E-state index in [4.69, 9.17) is 11.5 Å². The van der Waals surface area contributed by atoms with Crippen molar-refractivity contribution >= 4 is 11.6 Å². The van der Waals surface area contributed by atoms with Crippen LogP contribution in [-0.2, 0) is 6.54 Å². The third kappa shape index (κ3) is 1.15. The van der Waals surface area contributed by atoms with Crippen LogP contribution in [0.3, 0.4) is 0 Å². The maximum absolute atomic E-state index is 10.9. The molecule has 4 nitrogen and oxygen atoms in total. The van der Waals surface area contributed by atoms with Gasteiger partial charge in [-0.3, -0.25) is 4.79 Å². The van der Waals surface area contributed by atoms with Crippen molar-refractivity contribution in [3.63, 3.8) is 0 Å². The molecule has 0 fully saturated rings. The fourth-order valence-electron chi connectivity index (χ4n) is 1.23. The van der Waals surface area contributed by atoms with Gasteiger partial charge in [-0.2, -0.15) is 0 Å². The van der Waals surface area contributed by atoms with Crippen molar-refractivity contribution in [1.29, 1.82) is 0 Å². The van der Waals surface area contributed by atoms with Crippen LogP contribution in [0.1, 0.15) is 23.0 Å². The van der Waals surface area contributed by atoms with Gasteiger partial charge >= 0.3 is 0 Å². The van der Waals surface area contributed by atoms with E-state index in [9.17, 15) is 4.79 Å². The second-order valence-electron chi connectivity index (χ2n) is 2.72. The molecule has 4 heteroatoms. The first-order chi connectivity index (χ1) is 5.57. The van der Waals surface area contributed by atoms with Crippen LogP contribution >= 0.6 is 0 Å². The van der Waals surface area contributed by atoms with Gasteiger partial charge in [0.2, 0.25) is 0 Å². The van der Waals surface area contributed by atoms with Crippen LogP contribution in [0.2, 0.25) is 0 Å². The van der Waals surface area contributed by atoms with Crippen molar-refractivity contribution in [3.8, 4) is 0 Å². The third-order valence-corrected chi connectivity index (χ3v) is 1.89. The van der Waals surface area contributed by atoms with Crippen molar-refractivity contribution < 1.29 is 4.79 Å². The highest BCUT2D eigenvalue weighted by Crippen LogP contribution is 2.18. The fourth-order valence-corrected chi connectivity index (χ4v) is 1.23. The summed E-state index contributed by atoms with van der Waals surface area (Å²) in [5, 5.41) is 0. The highest BCUT2D eigenvalue weighted by Gasteiger charge is 2.13. The fraction of sp³-hybridized carbons (Fsp3) is 0.375. The summed E-state index contributed by atoms with van der Waals surface area (Å²) in [4.78, 5) is 10.9. The molecule has 0 aliphatic carbocycles. The highest BCUT2D eigenvalue weighted by molar-refractivity contribution is 5.97. The normalized spacial score (nSPS) is 10.2. The summed E-state index contributed by atoms with van der Waals surface area (Å²) in [6, 6.07) is 0. The minimum Gasteiger partial charge on any atom is -0.397 e. The Hall–Kier alpha value is -1.45. The summed E-state index contributed by atoms with van der Waals surface area (Å²) in [5.74, 6) is -0.470. The summed E-state index contributed by atoms with van der Waals surface area (Å²) >= 11 is 0. The zero-order valence-electron chi connectivity index (χ0n) is 7.29. The van der Waals surface area contributed by atoms with Crippen molar-refractivity contribution in [1.82, 2.24) is 4.57 Å². The summed E-state index contributed by atoms with van der Waals surface area (Å²) in [6.07, 6.45) is 1.83. The first-order valence-electron chi connectivity index (χ1n) is 3.83. The molecule has 1 amide bonds. The number of hydrogen-bond acceptors (Lipinski definition) is 2. The number of hydrogen-bond donors (Lipinski definition) is 2. The van der Waals surface area contributed by atoms with Crippen molar-refractivity contribution in [2.24, 2.45) is 5.73 Å². The molecule has 66 valence electrons. The maximum atomic E-state index is 10.9. The van der Waals surface area contributed by atoms with Crippen LogP contribution in [0.25, 0.3) is 0 Å². The Kier molecular flexibility index (Phi) is 2.08. The number of nitrogens with zero attached hydrogens (tertiary/aromatic N) is 1. The Balaban J connectivity index is 3.31. The van der Waals surface area contributed by atoms with Gasteiger partial charge in [-0.15, -0.1) is 0 Å². The van der Waals surface area contributed by atoms with Crippen molar-refractivity contribution in [3.05, 3.63) is 17.5 Å². The lowest BCUT2D eigenvalue weighted by Crippen LogP contribution is -2.17. The Morgan fingerprint density at radius 1 is 1.67 bits per heavy atom. The molecule has 0 saturated heterocycles. The average molecular weight is 167 g/mol. The SMILES string of the molecule is CCn1cc(C)c(N)c1C(N)=O. The predicted octanol–water partition coefficient (Wildman–Crippen LogP) is 0.498. The van der Waals surface area contributed by atoms with E-state index in [0.717, 1.165) is 5.56 Å². The van der Waals surface area contributed by atoms with Gasteiger partial charge in [0.25, 0.3) is 5.91 Å². The van der Waals surface area contributed by atoms with Crippen molar-refractivity contribution in [2.75, 3.05) is 5.73 Å². The van der Waals surface area contributed by atoms with Gasteiger partial charge in [0.15, 0.2) is 0 Å². The molecular weight excluding hydrogens is 154 g/mol. The molecule has 4 N–H and O–H groups in total. The van der Waals surface area contributed by atoms with Crippen LogP contribution in [0.5, 0.6) is 0 Å². The molecule has 0 bridgehead atoms. The van der Waals surface area contributed by atoms with Crippen LogP contribution in [0, 0.1) is 6.92 Å². The molecule has 1 heterocycles. The molecule has 0 radical (unpaired) electrons. The van der Waals surface area contributed by atoms with E-state index >= 15 is 0 Å². The molecule has 0 aliphatic heterocycles. The van der Waals surface area contributed by atoms with E-state index in [0.29, 0.717) is 17.9 Å². The third-order valence-electron chi connectivity index (χ3n) is 1.89. The minimum absolute atomic E-state index is 0.412. The zero-order chi connectivity index (χ0) is 9.30. The van der Waals surface area contributed by atoms with E-state index in [1.54, 1.807) is 4.57 Å². The number of rotatable bonds is 2. The molecule has 0 aromatic carbocycles. The molecule has 0 atom stereocenters. The quantitative estimate of drug-likeness (QED) is 0.673. The number of carbonyl (C=O) groups excluding carboxylic acids is 1. The molecule has 12 heavy (non-hydrogen) atoms. The van der Waals surface area contributed by atoms with E-state index < -0.39 is 5.91 Å². The van der Waals surface area contributed by atoms with Gasteiger partial charge in [-0.05, 0) is 19.4 Å². The van der Waals surface area contributed by atoms with E-state index in [1.807, 2.05) is 20.0 Å². The standard InChI is InChI=1S/C8H13N3O/c1-3-11-4-5(2)6(9)7(11)8(10)12/h4H,3,9H2,1-2H3,(H2,10,12). The number of amides is 1. The first-order valence-corrected chi connectivity index (χ1v) is 3.83. The number of primary amides is 1. The lowest BCUT2D eigenvalue weighted by atomic mass is 10.3. The van der Waals surface area contributed by atoms with Gasteiger partial charge in [-0.25, -0.2) is 0 Å². The van der Waals surface area contributed by atoms with E-state index in [1.165, 1.54) is 0 Å². The summed E-state index contributed by atoms with van der Waals surface area (Å²) in [5.41, 5.74) is 12.6.